The number of benzene rings is 1. The number of hydrogen-bond donors (Lipinski definition) is 2. The van der Waals surface area contributed by atoms with Crippen molar-refractivity contribution in [2.45, 2.75) is 19.8 Å². The standard InChI is InChI=1S/C14H17N3O/c1-2-12-16-13(10-14(18)17-12)15-9-8-11-6-4-3-5-7-11/h3-7,10H,2,8-9H2,1H3,(H2,15,16,17,18). The molecule has 0 aliphatic heterocycles. The van der Waals surface area contributed by atoms with E-state index in [2.05, 4.69) is 27.4 Å². The third-order valence-corrected chi connectivity index (χ3v) is 2.69. The highest BCUT2D eigenvalue weighted by atomic mass is 16.1. The van der Waals surface area contributed by atoms with Crippen LogP contribution in [-0.4, -0.2) is 16.5 Å². The van der Waals surface area contributed by atoms with Gasteiger partial charge in [-0.2, -0.15) is 0 Å². The van der Waals surface area contributed by atoms with Gasteiger partial charge in [0.25, 0.3) is 5.56 Å². The van der Waals surface area contributed by atoms with E-state index in [1.807, 2.05) is 25.1 Å². The van der Waals surface area contributed by atoms with Crippen molar-refractivity contribution < 1.29 is 0 Å². The van der Waals surface area contributed by atoms with Gasteiger partial charge < -0.3 is 10.3 Å². The first-order valence-corrected chi connectivity index (χ1v) is 6.16. The molecule has 0 saturated heterocycles. The quantitative estimate of drug-likeness (QED) is 0.844. The molecule has 4 heteroatoms. The second-order valence-electron chi connectivity index (χ2n) is 4.09. The Morgan fingerprint density at radius 1 is 1.28 bits per heavy atom. The Balaban J connectivity index is 1.94. The molecular weight excluding hydrogens is 226 g/mol. The van der Waals surface area contributed by atoms with Gasteiger partial charge in [0.1, 0.15) is 11.6 Å². The summed E-state index contributed by atoms with van der Waals surface area (Å²) in [6, 6.07) is 11.7. The lowest BCUT2D eigenvalue weighted by molar-refractivity contribution is 0.909. The molecule has 2 rings (SSSR count). The topological polar surface area (TPSA) is 57.8 Å². The zero-order chi connectivity index (χ0) is 12.8. The van der Waals surface area contributed by atoms with Crippen LogP contribution in [0.15, 0.2) is 41.2 Å². The predicted octanol–water partition coefficient (Wildman–Crippen LogP) is 1.99. The first kappa shape index (κ1) is 12.4. The van der Waals surface area contributed by atoms with Crippen molar-refractivity contribution >= 4 is 5.82 Å². The van der Waals surface area contributed by atoms with Crippen LogP contribution in [0.2, 0.25) is 0 Å². The smallest absolute Gasteiger partial charge is 0.252 e. The Morgan fingerprint density at radius 3 is 2.78 bits per heavy atom. The summed E-state index contributed by atoms with van der Waals surface area (Å²) in [5, 5.41) is 3.18. The summed E-state index contributed by atoms with van der Waals surface area (Å²) in [7, 11) is 0. The van der Waals surface area contributed by atoms with Crippen LogP contribution in [-0.2, 0) is 12.8 Å². The maximum absolute atomic E-state index is 11.4. The molecule has 0 spiro atoms. The Bertz CT molecular complexity index is 548. The van der Waals surface area contributed by atoms with E-state index in [0.29, 0.717) is 11.6 Å². The Kier molecular flexibility index (Phi) is 4.12. The predicted molar refractivity (Wildman–Crippen MR) is 72.9 cm³/mol. The Morgan fingerprint density at radius 2 is 2.06 bits per heavy atom. The van der Waals surface area contributed by atoms with E-state index < -0.39 is 0 Å². The second-order valence-corrected chi connectivity index (χ2v) is 4.09. The van der Waals surface area contributed by atoms with Crippen LogP contribution in [0.5, 0.6) is 0 Å². The molecule has 0 aliphatic rings. The fourth-order valence-electron chi connectivity index (χ4n) is 1.75. The van der Waals surface area contributed by atoms with Crippen LogP contribution >= 0.6 is 0 Å². The summed E-state index contributed by atoms with van der Waals surface area (Å²) < 4.78 is 0. The second kappa shape index (κ2) is 6.00. The third kappa shape index (κ3) is 3.45. The van der Waals surface area contributed by atoms with Crippen molar-refractivity contribution in [3.05, 3.63) is 58.1 Å². The van der Waals surface area contributed by atoms with E-state index in [0.717, 1.165) is 19.4 Å². The molecule has 0 radical (unpaired) electrons. The average Bonchev–Trinajstić information content (AvgIpc) is 2.39. The van der Waals surface area contributed by atoms with E-state index in [1.165, 1.54) is 11.6 Å². The van der Waals surface area contributed by atoms with Gasteiger partial charge in [-0.25, -0.2) is 4.98 Å². The largest absolute Gasteiger partial charge is 0.370 e. The number of hydrogen-bond acceptors (Lipinski definition) is 3. The number of aromatic amines is 1. The highest BCUT2D eigenvalue weighted by molar-refractivity contribution is 5.33. The summed E-state index contributed by atoms with van der Waals surface area (Å²) in [6.07, 6.45) is 1.64. The van der Waals surface area contributed by atoms with Gasteiger partial charge in [0.15, 0.2) is 0 Å². The Labute approximate surface area is 106 Å². The number of aromatic nitrogens is 2. The van der Waals surface area contributed by atoms with E-state index >= 15 is 0 Å². The minimum atomic E-state index is -0.107. The van der Waals surface area contributed by atoms with Crippen LogP contribution in [0.3, 0.4) is 0 Å². The zero-order valence-electron chi connectivity index (χ0n) is 10.4. The molecule has 4 nitrogen and oxygen atoms in total. The number of nitrogens with zero attached hydrogens (tertiary/aromatic N) is 1. The summed E-state index contributed by atoms with van der Waals surface area (Å²) in [5.74, 6) is 1.36. The molecule has 1 heterocycles. The lowest BCUT2D eigenvalue weighted by Crippen LogP contribution is -2.14. The molecule has 0 bridgehead atoms. The Hall–Kier alpha value is -2.10. The van der Waals surface area contributed by atoms with E-state index in [4.69, 9.17) is 0 Å². The van der Waals surface area contributed by atoms with Gasteiger partial charge in [-0.05, 0) is 12.0 Å². The molecule has 0 atom stereocenters. The number of rotatable bonds is 5. The van der Waals surface area contributed by atoms with Gasteiger partial charge >= 0.3 is 0 Å². The molecule has 1 aromatic carbocycles. The molecule has 18 heavy (non-hydrogen) atoms. The molecule has 0 fully saturated rings. The molecule has 1 aromatic heterocycles. The van der Waals surface area contributed by atoms with E-state index in [-0.39, 0.29) is 5.56 Å². The van der Waals surface area contributed by atoms with Crippen LogP contribution in [0, 0.1) is 0 Å². The van der Waals surface area contributed by atoms with Crippen LogP contribution in [0.25, 0.3) is 0 Å². The van der Waals surface area contributed by atoms with Crippen LogP contribution < -0.4 is 10.9 Å². The normalized spacial score (nSPS) is 10.3. The highest BCUT2D eigenvalue weighted by Gasteiger charge is 1.99. The van der Waals surface area contributed by atoms with Crippen molar-refractivity contribution in [2.75, 3.05) is 11.9 Å². The first-order valence-electron chi connectivity index (χ1n) is 6.16. The minimum absolute atomic E-state index is 0.107. The lowest BCUT2D eigenvalue weighted by atomic mass is 10.1. The monoisotopic (exact) mass is 243 g/mol. The fraction of sp³-hybridized carbons (Fsp3) is 0.286. The fourth-order valence-corrected chi connectivity index (χ4v) is 1.75. The van der Waals surface area contributed by atoms with E-state index in [1.54, 1.807) is 0 Å². The maximum atomic E-state index is 11.4. The SMILES string of the molecule is CCc1nc(NCCc2ccccc2)cc(=O)[nH]1. The van der Waals surface area contributed by atoms with Crippen molar-refractivity contribution in [1.29, 1.82) is 0 Å². The zero-order valence-corrected chi connectivity index (χ0v) is 10.4. The molecule has 0 aliphatic carbocycles. The van der Waals surface area contributed by atoms with Gasteiger partial charge in [-0.1, -0.05) is 37.3 Å². The van der Waals surface area contributed by atoms with Crippen molar-refractivity contribution in [2.24, 2.45) is 0 Å². The first-order chi connectivity index (χ1) is 8.78. The van der Waals surface area contributed by atoms with Gasteiger partial charge in [-0.15, -0.1) is 0 Å². The molecule has 2 aromatic rings. The molecule has 2 N–H and O–H groups in total. The summed E-state index contributed by atoms with van der Waals surface area (Å²) in [5.41, 5.74) is 1.16. The summed E-state index contributed by atoms with van der Waals surface area (Å²) in [4.78, 5) is 18.4. The average molecular weight is 243 g/mol. The number of nitrogens with one attached hydrogen (secondary N) is 2. The molecule has 0 amide bonds. The van der Waals surface area contributed by atoms with Crippen molar-refractivity contribution in [3.63, 3.8) is 0 Å². The van der Waals surface area contributed by atoms with Crippen LogP contribution in [0.1, 0.15) is 18.3 Å². The lowest BCUT2D eigenvalue weighted by Gasteiger charge is -2.06. The summed E-state index contributed by atoms with van der Waals surface area (Å²) >= 11 is 0. The van der Waals surface area contributed by atoms with Gasteiger partial charge in [-0.3, -0.25) is 4.79 Å². The van der Waals surface area contributed by atoms with Gasteiger partial charge in [0.05, 0.1) is 0 Å². The third-order valence-electron chi connectivity index (χ3n) is 2.69. The van der Waals surface area contributed by atoms with Gasteiger partial charge in [0, 0.05) is 19.0 Å². The summed E-state index contributed by atoms with van der Waals surface area (Å²) in [6.45, 7) is 2.73. The van der Waals surface area contributed by atoms with Gasteiger partial charge in [0.2, 0.25) is 0 Å². The number of aryl methyl sites for hydroxylation is 1. The molecule has 0 saturated carbocycles. The number of H-pyrrole nitrogens is 1. The highest BCUT2D eigenvalue weighted by Crippen LogP contribution is 2.02. The van der Waals surface area contributed by atoms with Crippen molar-refractivity contribution in [3.8, 4) is 0 Å². The van der Waals surface area contributed by atoms with Crippen molar-refractivity contribution in [1.82, 2.24) is 9.97 Å². The molecule has 0 unspecified atom stereocenters. The molecule has 94 valence electrons. The van der Waals surface area contributed by atoms with Crippen LogP contribution in [0.4, 0.5) is 5.82 Å². The maximum Gasteiger partial charge on any atom is 0.252 e. The molecular formula is C14H17N3O. The number of anilines is 1. The van der Waals surface area contributed by atoms with E-state index in [9.17, 15) is 4.79 Å². The minimum Gasteiger partial charge on any atom is -0.370 e.